The largest absolute Gasteiger partial charge is 0.348 e. The van der Waals surface area contributed by atoms with Gasteiger partial charge in [0.15, 0.2) is 10.8 Å². The third-order valence-corrected chi connectivity index (χ3v) is 3.58. The number of aromatic nitrogens is 2. The van der Waals surface area contributed by atoms with Gasteiger partial charge in [-0.2, -0.15) is 0 Å². The molecule has 2 atom stereocenters. The summed E-state index contributed by atoms with van der Waals surface area (Å²) < 4.78 is 0. The lowest BCUT2D eigenvalue weighted by Crippen LogP contribution is -2.40. The van der Waals surface area contributed by atoms with Gasteiger partial charge in [-0.1, -0.05) is 25.4 Å². The van der Waals surface area contributed by atoms with E-state index >= 15 is 0 Å². The number of carbonyl (C=O) groups excluding carboxylic acids is 1. The van der Waals surface area contributed by atoms with Crippen molar-refractivity contribution in [1.82, 2.24) is 15.5 Å². The molecule has 0 radical (unpaired) electrons. The van der Waals surface area contributed by atoms with Gasteiger partial charge in [0.1, 0.15) is 0 Å². The van der Waals surface area contributed by atoms with Gasteiger partial charge in [0.05, 0.1) is 0 Å². The average molecular weight is 268 g/mol. The Morgan fingerprint density at radius 2 is 1.89 bits per heavy atom. The summed E-state index contributed by atoms with van der Waals surface area (Å²) in [5, 5.41) is 10.8. The zero-order valence-electron chi connectivity index (χ0n) is 10.7. The Kier molecular flexibility index (Phi) is 4.17. The average Bonchev–Trinajstić information content (AvgIpc) is 2.28. The van der Waals surface area contributed by atoms with Gasteiger partial charge in [-0.3, -0.25) is 4.79 Å². The molecule has 1 aliphatic carbocycles. The molecule has 1 aliphatic rings. The maximum Gasteiger partial charge on any atom is 0.272 e. The van der Waals surface area contributed by atoms with E-state index in [2.05, 4.69) is 29.4 Å². The minimum Gasteiger partial charge on any atom is -0.348 e. The summed E-state index contributed by atoms with van der Waals surface area (Å²) in [5.41, 5.74) is 0.324. The quantitative estimate of drug-likeness (QED) is 0.896. The molecule has 1 aromatic rings. The molecule has 4 nitrogen and oxygen atoms in total. The predicted molar refractivity (Wildman–Crippen MR) is 70.5 cm³/mol. The van der Waals surface area contributed by atoms with Crippen LogP contribution in [0.4, 0.5) is 0 Å². The van der Waals surface area contributed by atoms with E-state index in [0.717, 1.165) is 12.8 Å². The SMILES string of the molecule is CC1CC(C)CC(NC(=O)c2ccc(Cl)nn2)C1. The molecule has 0 saturated heterocycles. The fourth-order valence-corrected chi connectivity index (χ4v) is 2.86. The molecule has 2 rings (SSSR count). The molecule has 2 unspecified atom stereocenters. The van der Waals surface area contributed by atoms with Crippen molar-refractivity contribution in [2.75, 3.05) is 0 Å². The molecule has 1 N–H and O–H groups in total. The second kappa shape index (κ2) is 5.65. The minimum absolute atomic E-state index is 0.162. The highest BCUT2D eigenvalue weighted by Gasteiger charge is 2.25. The van der Waals surface area contributed by atoms with Crippen LogP contribution >= 0.6 is 11.6 Å². The van der Waals surface area contributed by atoms with Gasteiger partial charge in [0.2, 0.25) is 0 Å². The highest BCUT2D eigenvalue weighted by molar-refractivity contribution is 6.29. The Hall–Kier alpha value is -1.16. The van der Waals surface area contributed by atoms with Gasteiger partial charge in [-0.05, 0) is 43.2 Å². The highest BCUT2D eigenvalue weighted by atomic mass is 35.5. The monoisotopic (exact) mass is 267 g/mol. The van der Waals surface area contributed by atoms with Crippen LogP contribution in [0.5, 0.6) is 0 Å². The number of nitrogens with one attached hydrogen (secondary N) is 1. The van der Waals surface area contributed by atoms with E-state index in [-0.39, 0.29) is 11.9 Å². The van der Waals surface area contributed by atoms with E-state index in [1.807, 2.05) is 0 Å². The summed E-state index contributed by atoms with van der Waals surface area (Å²) in [5.74, 6) is 1.16. The first-order chi connectivity index (χ1) is 8.54. The molecule has 1 fully saturated rings. The third kappa shape index (κ3) is 3.42. The summed E-state index contributed by atoms with van der Waals surface area (Å²) in [6, 6.07) is 3.42. The number of halogens is 1. The van der Waals surface area contributed by atoms with Crippen molar-refractivity contribution in [3.8, 4) is 0 Å². The van der Waals surface area contributed by atoms with Crippen molar-refractivity contribution < 1.29 is 4.79 Å². The number of hydrogen-bond acceptors (Lipinski definition) is 3. The molecule has 18 heavy (non-hydrogen) atoms. The van der Waals surface area contributed by atoms with Crippen molar-refractivity contribution in [2.24, 2.45) is 11.8 Å². The molecule has 0 bridgehead atoms. The van der Waals surface area contributed by atoms with Crippen LogP contribution in [-0.2, 0) is 0 Å². The molecule has 1 saturated carbocycles. The summed E-state index contributed by atoms with van der Waals surface area (Å²) >= 11 is 5.64. The maximum atomic E-state index is 12.0. The fraction of sp³-hybridized carbons (Fsp3) is 0.615. The molecule has 1 heterocycles. The van der Waals surface area contributed by atoms with Crippen LogP contribution in [0.25, 0.3) is 0 Å². The van der Waals surface area contributed by atoms with Gasteiger partial charge in [0.25, 0.3) is 5.91 Å². The van der Waals surface area contributed by atoms with Crippen LogP contribution in [0.1, 0.15) is 43.6 Å². The van der Waals surface area contributed by atoms with Crippen LogP contribution in [0.2, 0.25) is 5.15 Å². The number of nitrogens with zero attached hydrogens (tertiary/aromatic N) is 2. The van der Waals surface area contributed by atoms with E-state index in [0.29, 0.717) is 22.7 Å². The standard InChI is InChI=1S/C13H18ClN3O/c1-8-5-9(2)7-10(6-8)15-13(18)11-3-4-12(14)17-16-11/h3-4,8-10H,5-7H2,1-2H3,(H,15,18). The smallest absolute Gasteiger partial charge is 0.272 e. The van der Waals surface area contributed by atoms with E-state index in [1.54, 1.807) is 12.1 Å². The van der Waals surface area contributed by atoms with Gasteiger partial charge in [-0.15, -0.1) is 10.2 Å². The predicted octanol–water partition coefficient (Wildman–Crippen LogP) is 2.68. The van der Waals surface area contributed by atoms with Crippen molar-refractivity contribution in [1.29, 1.82) is 0 Å². The maximum absolute atomic E-state index is 12.0. The Morgan fingerprint density at radius 1 is 1.22 bits per heavy atom. The van der Waals surface area contributed by atoms with Gasteiger partial charge in [-0.25, -0.2) is 0 Å². The van der Waals surface area contributed by atoms with Gasteiger partial charge in [0, 0.05) is 6.04 Å². The number of hydrogen-bond donors (Lipinski definition) is 1. The van der Waals surface area contributed by atoms with Gasteiger partial charge >= 0.3 is 0 Å². The molecular weight excluding hydrogens is 250 g/mol. The summed E-state index contributed by atoms with van der Waals surface area (Å²) in [7, 11) is 0. The van der Waals surface area contributed by atoms with E-state index in [1.165, 1.54) is 6.42 Å². The normalized spacial score (nSPS) is 27.8. The molecule has 5 heteroatoms. The van der Waals surface area contributed by atoms with Crippen LogP contribution in [0.3, 0.4) is 0 Å². The molecular formula is C13H18ClN3O. The molecule has 0 spiro atoms. The topological polar surface area (TPSA) is 54.9 Å². The summed E-state index contributed by atoms with van der Waals surface area (Å²) in [4.78, 5) is 12.0. The molecule has 1 aromatic heterocycles. The molecule has 98 valence electrons. The van der Waals surface area contributed by atoms with Crippen molar-refractivity contribution >= 4 is 17.5 Å². The van der Waals surface area contributed by atoms with E-state index in [4.69, 9.17) is 11.6 Å². The second-order valence-electron chi connectivity index (χ2n) is 5.33. The summed E-state index contributed by atoms with van der Waals surface area (Å²) in [6.07, 6.45) is 3.32. The molecule has 1 amide bonds. The van der Waals surface area contributed by atoms with Crippen molar-refractivity contribution in [3.63, 3.8) is 0 Å². The third-order valence-electron chi connectivity index (χ3n) is 3.38. The molecule has 0 aromatic carbocycles. The van der Waals surface area contributed by atoms with Crippen LogP contribution < -0.4 is 5.32 Å². The van der Waals surface area contributed by atoms with Crippen molar-refractivity contribution in [2.45, 2.75) is 39.2 Å². The van der Waals surface area contributed by atoms with Crippen molar-refractivity contribution in [3.05, 3.63) is 23.0 Å². The lowest BCUT2D eigenvalue weighted by molar-refractivity contribution is 0.0905. The Bertz CT molecular complexity index is 411. The number of amides is 1. The summed E-state index contributed by atoms with van der Waals surface area (Å²) in [6.45, 7) is 4.47. The first-order valence-electron chi connectivity index (χ1n) is 6.34. The van der Waals surface area contributed by atoms with E-state index in [9.17, 15) is 4.79 Å². The minimum atomic E-state index is -0.162. The zero-order valence-corrected chi connectivity index (χ0v) is 11.4. The fourth-order valence-electron chi connectivity index (χ4n) is 2.76. The van der Waals surface area contributed by atoms with Crippen LogP contribution in [-0.4, -0.2) is 22.1 Å². The second-order valence-corrected chi connectivity index (χ2v) is 5.72. The van der Waals surface area contributed by atoms with Gasteiger partial charge < -0.3 is 5.32 Å². The number of rotatable bonds is 2. The Morgan fingerprint density at radius 3 is 2.44 bits per heavy atom. The first-order valence-corrected chi connectivity index (χ1v) is 6.72. The number of carbonyl (C=O) groups is 1. The van der Waals surface area contributed by atoms with Crippen LogP contribution in [0, 0.1) is 11.8 Å². The highest BCUT2D eigenvalue weighted by Crippen LogP contribution is 2.28. The zero-order chi connectivity index (χ0) is 13.1. The Balaban J connectivity index is 1.96. The lowest BCUT2D eigenvalue weighted by atomic mass is 9.80. The Labute approximate surface area is 112 Å². The van der Waals surface area contributed by atoms with Crippen LogP contribution in [0.15, 0.2) is 12.1 Å². The van der Waals surface area contributed by atoms with E-state index < -0.39 is 0 Å². The lowest BCUT2D eigenvalue weighted by Gasteiger charge is -2.31. The molecule has 0 aliphatic heterocycles. The first kappa shape index (κ1) is 13.3.